The van der Waals surface area contributed by atoms with Gasteiger partial charge in [-0.05, 0) is 43.7 Å². The van der Waals surface area contributed by atoms with Gasteiger partial charge in [-0.15, -0.1) is 0 Å². The normalized spacial score (nSPS) is 10.6. The van der Waals surface area contributed by atoms with Crippen LogP contribution < -0.4 is 10.1 Å². The molecular formula is C21H24N4O2. The van der Waals surface area contributed by atoms with Crippen LogP contribution in [-0.2, 0) is 12.8 Å². The summed E-state index contributed by atoms with van der Waals surface area (Å²) in [5.41, 5.74) is 3.03. The van der Waals surface area contributed by atoms with Crippen LogP contribution in [0.5, 0.6) is 5.75 Å². The molecule has 0 atom stereocenters. The molecule has 0 bridgehead atoms. The number of ether oxygens (including phenoxy) is 1. The topological polar surface area (TPSA) is 79.9 Å². The maximum Gasteiger partial charge on any atom is 0.251 e. The Labute approximate surface area is 159 Å². The average Bonchev–Trinajstić information content (AvgIpc) is 3.12. The highest BCUT2D eigenvalue weighted by Gasteiger charge is 2.08. The fraction of sp³-hybridized carbons (Fsp3) is 0.286. The molecule has 0 aliphatic carbocycles. The summed E-state index contributed by atoms with van der Waals surface area (Å²) in [7, 11) is 0. The van der Waals surface area contributed by atoms with Crippen molar-refractivity contribution < 1.29 is 9.53 Å². The molecule has 3 aromatic rings. The number of carbonyl (C=O) groups is 1. The molecule has 1 heterocycles. The van der Waals surface area contributed by atoms with Crippen molar-refractivity contribution in [2.75, 3.05) is 13.2 Å². The summed E-state index contributed by atoms with van der Waals surface area (Å²) < 4.78 is 5.38. The summed E-state index contributed by atoms with van der Waals surface area (Å²) in [6.07, 6.45) is 1.29. The van der Waals surface area contributed by atoms with Crippen molar-refractivity contribution in [3.05, 3.63) is 76.9 Å². The first kappa shape index (κ1) is 18.6. The minimum absolute atomic E-state index is 0.117. The lowest BCUT2D eigenvalue weighted by Crippen LogP contribution is -2.25. The van der Waals surface area contributed by atoms with Gasteiger partial charge in [0.05, 0.1) is 6.61 Å². The second kappa shape index (κ2) is 8.98. The summed E-state index contributed by atoms with van der Waals surface area (Å²) in [5.74, 6) is 2.17. The summed E-state index contributed by atoms with van der Waals surface area (Å²) in [6.45, 7) is 5.08. The molecule has 6 nitrogen and oxygen atoms in total. The summed E-state index contributed by atoms with van der Waals surface area (Å²) >= 11 is 0. The molecule has 6 heteroatoms. The number of hydrogen-bond donors (Lipinski definition) is 2. The van der Waals surface area contributed by atoms with Crippen LogP contribution in [0.15, 0.2) is 48.5 Å². The van der Waals surface area contributed by atoms with Crippen LogP contribution in [-0.4, -0.2) is 34.2 Å². The van der Waals surface area contributed by atoms with Crippen molar-refractivity contribution in [1.29, 1.82) is 0 Å². The number of H-pyrrole nitrogens is 1. The van der Waals surface area contributed by atoms with Crippen molar-refractivity contribution in [3.8, 4) is 5.75 Å². The van der Waals surface area contributed by atoms with Gasteiger partial charge in [0.25, 0.3) is 5.91 Å². The number of nitrogens with one attached hydrogen (secondary N) is 2. The van der Waals surface area contributed by atoms with Gasteiger partial charge in [0.1, 0.15) is 11.6 Å². The van der Waals surface area contributed by atoms with Crippen molar-refractivity contribution in [2.45, 2.75) is 26.7 Å². The molecule has 1 aromatic heterocycles. The highest BCUT2D eigenvalue weighted by molar-refractivity contribution is 5.94. The molecule has 0 radical (unpaired) electrons. The number of aryl methyl sites for hydroxylation is 1. The zero-order valence-corrected chi connectivity index (χ0v) is 15.7. The molecule has 3 rings (SSSR count). The Bertz CT molecular complexity index is 870. The van der Waals surface area contributed by atoms with Crippen LogP contribution in [0, 0.1) is 6.92 Å². The standard InChI is InChI=1S/C21H24N4O2/c1-3-27-18-10-8-17(9-11-18)21(26)22-13-12-19-23-20(25-24-19)14-16-6-4-15(2)5-7-16/h4-11H,3,12-14H2,1-2H3,(H,22,26)(H,23,24,25). The molecule has 27 heavy (non-hydrogen) atoms. The minimum Gasteiger partial charge on any atom is -0.494 e. The smallest absolute Gasteiger partial charge is 0.251 e. The summed E-state index contributed by atoms with van der Waals surface area (Å²) in [4.78, 5) is 16.7. The lowest BCUT2D eigenvalue weighted by atomic mass is 10.1. The van der Waals surface area contributed by atoms with Crippen LogP contribution in [0.2, 0.25) is 0 Å². The van der Waals surface area contributed by atoms with Crippen molar-refractivity contribution in [3.63, 3.8) is 0 Å². The monoisotopic (exact) mass is 364 g/mol. The van der Waals surface area contributed by atoms with Gasteiger partial charge in [-0.2, -0.15) is 5.10 Å². The lowest BCUT2D eigenvalue weighted by Gasteiger charge is -2.06. The first-order valence-electron chi connectivity index (χ1n) is 9.11. The number of carbonyl (C=O) groups excluding carboxylic acids is 1. The molecule has 1 amide bonds. The van der Waals surface area contributed by atoms with E-state index in [0.29, 0.717) is 37.4 Å². The molecule has 2 aromatic carbocycles. The SMILES string of the molecule is CCOc1ccc(C(=O)NCCc2n[nH]c(Cc3ccc(C)cc3)n2)cc1. The predicted octanol–water partition coefficient (Wildman–Crippen LogP) is 3.08. The van der Waals surface area contributed by atoms with Gasteiger partial charge >= 0.3 is 0 Å². The van der Waals surface area contributed by atoms with Gasteiger partial charge in [-0.3, -0.25) is 9.89 Å². The molecule has 0 unspecified atom stereocenters. The maximum absolute atomic E-state index is 12.2. The Hall–Kier alpha value is -3.15. The van der Waals surface area contributed by atoms with E-state index in [2.05, 4.69) is 51.7 Å². The van der Waals surface area contributed by atoms with Crippen LogP contribution in [0.25, 0.3) is 0 Å². The number of hydrogen-bond acceptors (Lipinski definition) is 4. The molecule has 0 fully saturated rings. The minimum atomic E-state index is -0.117. The van der Waals surface area contributed by atoms with Gasteiger partial charge < -0.3 is 10.1 Å². The Kier molecular flexibility index (Phi) is 6.20. The Morgan fingerprint density at radius 2 is 1.85 bits per heavy atom. The summed E-state index contributed by atoms with van der Waals surface area (Å²) in [5, 5.41) is 10.1. The molecule has 2 N–H and O–H groups in total. The largest absolute Gasteiger partial charge is 0.494 e. The van der Waals surface area contributed by atoms with E-state index >= 15 is 0 Å². The second-order valence-electron chi connectivity index (χ2n) is 6.32. The fourth-order valence-corrected chi connectivity index (χ4v) is 2.68. The van der Waals surface area contributed by atoms with E-state index in [-0.39, 0.29) is 5.91 Å². The number of nitrogens with zero attached hydrogens (tertiary/aromatic N) is 2. The first-order valence-corrected chi connectivity index (χ1v) is 9.11. The molecular weight excluding hydrogens is 340 g/mol. The van der Waals surface area contributed by atoms with E-state index < -0.39 is 0 Å². The second-order valence-corrected chi connectivity index (χ2v) is 6.32. The highest BCUT2D eigenvalue weighted by Crippen LogP contribution is 2.12. The van der Waals surface area contributed by atoms with Gasteiger partial charge in [0.2, 0.25) is 0 Å². The highest BCUT2D eigenvalue weighted by atomic mass is 16.5. The maximum atomic E-state index is 12.2. The number of rotatable bonds is 8. The van der Waals surface area contributed by atoms with Gasteiger partial charge in [-0.25, -0.2) is 4.98 Å². The molecule has 0 aliphatic heterocycles. The number of aromatic amines is 1. The van der Waals surface area contributed by atoms with Crippen molar-refractivity contribution in [2.24, 2.45) is 0 Å². The molecule has 0 saturated carbocycles. The van der Waals surface area contributed by atoms with E-state index in [1.165, 1.54) is 11.1 Å². The van der Waals surface area contributed by atoms with Gasteiger partial charge in [-0.1, -0.05) is 29.8 Å². The van der Waals surface area contributed by atoms with Crippen LogP contribution in [0.1, 0.15) is 40.1 Å². The van der Waals surface area contributed by atoms with Crippen LogP contribution in [0.3, 0.4) is 0 Å². The Balaban J connectivity index is 1.47. The van der Waals surface area contributed by atoms with Crippen molar-refractivity contribution in [1.82, 2.24) is 20.5 Å². The lowest BCUT2D eigenvalue weighted by molar-refractivity contribution is 0.0954. The number of benzene rings is 2. The third-order valence-electron chi connectivity index (χ3n) is 4.13. The fourth-order valence-electron chi connectivity index (χ4n) is 2.68. The average molecular weight is 364 g/mol. The first-order chi connectivity index (χ1) is 13.1. The zero-order chi connectivity index (χ0) is 19.1. The number of amides is 1. The van der Waals surface area contributed by atoms with E-state index in [4.69, 9.17) is 4.74 Å². The summed E-state index contributed by atoms with van der Waals surface area (Å²) in [6, 6.07) is 15.5. The van der Waals surface area contributed by atoms with E-state index in [9.17, 15) is 4.79 Å². The van der Waals surface area contributed by atoms with Crippen LogP contribution >= 0.6 is 0 Å². The van der Waals surface area contributed by atoms with Crippen molar-refractivity contribution >= 4 is 5.91 Å². The molecule has 0 saturated heterocycles. The van der Waals surface area contributed by atoms with Crippen LogP contribution in [0.4, 0.5) is 0 Å². The molecule has 0 spiro atoms. The van der Waals surface area contributed by atoms with E-state index in [1.807, 2.05) is 6.92 Å². The zero-order valence-electron chi connectivity index (χ0n) is 15.7. The van der Waals surface area contributed by atoms with Gasteiger partial charge in [0, 0.05) is 24.9 Å². The van der Waals surface area contributed by atoms with E-state index in [1.54, 1.807) is 24.3 Å². The Morgan fingerprint density at radius 1 is 1.11 bits per heavy atom. The van der Waals surface area contributed by atoms with Gasteiger partial charge in [0.15, 0.2) is 5.82 Å². The molecule has 140 valence electrons. The molecule has 0 aliphatic rings. The quantitative estimate of drug-likeness (QED) is 0.644. The predicted molar refractivity (Wildman–Crippen MR) is 104 cm³/mol. The number of aromatic nitrogens is 3. The third-order valence-corrected chi connectivity index (χ3v) is 4.13. The third kappa shape index (κ3) is 5.41. The Morgan fingerprint density at radius 3 is 2.56 bits per heavy atom. The van der Waals surface area contributed by atoms with E-state index in [0.717, 1.165) is 11.6 Å².